The number of carbonyl (C=O) groups is 2. The highest BCUT2D eigenvalue weighted by atomic mass is 19.4. The van der Waals surface area contributed by atoms with Crippen LogP contribution in [-0.2, 0) is 11.0 Å². The molecule has 2 atom stereocenters. The molecule has 1 fully saturated rings. The SMILES string of the molecule is N[C@H]1CCCC[C@H]1Nc1ncc2ccc(C(=O)Nc3ccccc3C(F)(F)F)n2n1.O=C(O)C(F)(F)F. The number of nitrogens with zero attached hydrogens (tertiary/aromatic N) is 3. The number of anilines is 2. The smallest absolute Gasteiger partial charge is 0.475 e. The van der Waals surface area contributed by atoms with E-state index in [4.69, 9.17) is 15.6 Å². The molecule has 0 bridgehead atoms. The molecular weight excluding hydrogens is 510 g/mol. The summed E-state index contributed by atoms with van der Waals surface area (Å²) < 4.78 is 72.7. The highest BCUT2D eigenvalue weighted by Crippen LogP contribution is 2.34. The maximum atomic E-state index is 13.2. The molecule has 1 aromatic carbocycles. The van der Waals surface area contributed by atoms with E-state index in [2.05, 4.69) is 20.7 Å². The van der Waals surface area contributed by atoms with E-state index in [1.165, 1.54) is 28.8 Å². The van der Waals surface area contributed by atoms with Crippen molar-refractivity contribution >= 4 is 29.0 Å². The van der Waals surface area contributed by atoms with Crippen molar-refractivity contribution < 1.29 is 41.0 Å². The first-order chi connectivity index (χ1) is 17.3. The second kappa shape index (κ2) is 11.0. The molecule has 5 N–H and O–H groups in total. The number of nitrogens with two attached hydrogens (primary N) is 1. The molecule has 2 aromatic heterocycles. The summed E-state index contributed by atoms with van der Waals surface area (Å²) in [6.07, 6.45) is -4.16. The van der Waals surface area contributed by atoms with Crippen LogP contribution in [0.2, 0.25) is 0 Å². The van der Waals surface area contributed by atoms with E-state index in [9.17, 15) is 31.1 Å². The molecule has 1 aliphatic rings. The van der Waals surface area contributed by atoms with Gasteiger partial charge in [-0.2, -0.15) is 26.3 Å². The lowest BCUT2D eigenvalue weighted by molar-refractivity contribution is -0.192. The number of amides is 1. The molecule has 37 heavy (non-hydrogen) atoms. The van der Waals surface area contributed by atoms with Crippen molar-refractivity contribution in [2.75, 3.05) is 10.6 Å². The fraction of sp³-hybridized carbons (Fsp3) is 0.364. The van der Waals surface area contributed by atoms with Crippen molar-refractivity contribution in [3.63, 3.8) is 0 Å². The lowest BCUT2D eigenvalue weighted by Crippen LogP contribution is -2.43. The van der Waals surface area contributed by atoms with Crippen molar-refractivity contribution in [3.05, 3.63) is 53.9 Å². The summed E-state index contributed by atoms with van der Waals surface area (Å²) >= 11 is 0. The largest absolute Gasteiger partial charge is 0.490 e. The molecule has 0 aliphatic heterocycles. The van der Waals surface area contributed by atoms with E-state index in [0.29, 0.717) is 11.5 Å². The van der Waals surface area contributed by atoms with Gasteiger partial charge in [0.15, 0.2) is 0 Å². The molecular formula is C22H22F6N6O3. The number of carbonyl (C=O) groups excluding carboxylic acids is 1. The number of alkyl halides is 6. The molecule has 0 radical (unpaired) electrons. The normalized spacial score (nSPS) is 18.0. The van der Waals surface area contributed by atoms with Crippen molar-refractivity contribution in [1.29, 1.82) is 0 Å². The van der Waals surface area contributed by atoms with Crippen LogP contribution >= 0.6 is 0 Å². The number of aromatic nitrogens is 3. The Morgan fingerprint density at radius 2 is 1.68 bits per heavy atom. The Kier molecular flexibility index (Phi) is 8.25. The van der Waals surface area contributed by atoms with Crippen LogP contribution in [0.4, 0.5) is 38.0 Å². The molecule has 0 unspecified atom stereocenters. The summed E-state index contributed by atoms with van der Waals surface area (Å²) in [7, 11) is 0. The van der Waals surface area contributed by atoms with Crippen LogP contribution in [0, 0.1) is 0 Å². The number of nitrogens with one attached hydrogen (secondary N) is 2. The zero-order valence-electron chi connectivity index (χ0n) is 19.0. The molecule has 1 amide bonds. The van der Waals surface area contributed by atoms with E-state index < -0.39 is 29.8 Å². The van der Waals surface area contributed by atoms with Crippen LogP contribution in [0.5, 0.6) is 0 Å². The van der Waals surface area contributed by atoms with E-state index in [0.717, 1.165) is 31.7 Å². The summed E-state index contributed by atoms with van der Waals surface area (Å²) in [6.45, 7) is 0. The average molecular weight is 532 g/mol. The van der Waals surface area contributed by atoms with E-state index in [-0.39, 0.29) is 23.5 Å². The third-order valence-corrected chi connectivity index (χ3v) is 5.49. The third kappa shape index (κ3) is 7.09. The summed E-state index contributed by atoms with van der Waals surface area (Å²) in [5.74, 6) is -3.15. The zero-order chi connectivity index (χ0) is 27.4. The second-order valence-electron chi connectivity index (χ2n) is 8.14. The molecule has 1 saturated carbocycles. The number of aliphatic carboxylic acids is 1. The number of halogens is 6. The molecule has 200 valence electrons. The van der Waals surface area contributed by atoms with Crippen molar-refractivity contribution in [2.45, 2.75) is 50.1 Å². The molecule has 3 aromatic rings. The van der Waals surface area contributed by atoms with Crippen LogP contribution in [0.15, 0.2) is 42.6 Å². The van der Waals surface area contributed by atoms with Crippen LogP contribution < -0.4 is 16.4 Å². The molecule has 9 nitrogen and oxygen atoms in total. The zero-order valence-corrected chi connectivity index (χ0v) is 19.0. The summed E-state index contributed by atoms with van der Waals surface area (Å²) in [6, 6.07) is 7.97. The van der Waals surface area contributed by atoms with Crippen molar-refractivity contribution in [3.8, 4) is 0 Å². The van der Waals surface area contributed by atoms with Gasteiger partial charge in [-0.1, -0.05) is 25.0 Å². The van der Waals surface area contributed by atoms with Crippen molar-refractivity contribution in [2.24, 2.45) is 5.73 Å². The Bertz CT molecular complexity index is 1260. The van der Waals surface area contributed by atoms with E-state index in [1.807, 2.05) is 0 Å². The Labute approximate surface area is 205 Å². The Morgan fingerprint density at radius 1 is 1.03 bits per heavy atom. The number of carboxylic acid groups (broad SMARTS) is 1. The molecule has 1 aliphatic carbocycles. The number of benzene rings is 1. The number of para-hydroxylation sites is 1. The summed E-state index contributed by atoms with van der Waals surface area (Å²) in [5, 5.41) is 17.0. The van der Waals surface area contributed by atoms with Crippen LogP contribution in [-0.4, -0.2) is 49.8 Å². The van der Waals surface area contributed by atoms with Gasteiger partial charge in [0.05, 0.1) is 23.0 Å². The lowest BCUT2D eigenvalue weighted by Gasteiger charge is -2.29. The van der Waals surface area contributed by atoms with Gasteiger partial charge in [0.1, 0.15) is 5.69 Å². The monoisotopic (exact) mass is 532 g/mol. The third-order valence-electron chi connectivity index (χ3n) is 5.49. The maximum absolute atomic E-state index is 13.2. The molecule has 0 saturated heterocycles. The van der Waals surface area contributed by atoms with Crippen molar-refractivity contribution in [1.82, 2.24) is 14.6 Å². The van der Waals surface area contributed by atoms with Gasteiger partial charge in [0.25, 0.3) is 5.91 Å². The fourth-order valence-electron chi connectivity index (χ4n) is 3.67. The molecule has 0 spiro atoms. The minimum absolute atomic E-state index is 0.00986. The van der Waals surface area contributed by atoms with Gasteiger partial charge in [-0.3, -0.25) is 4.79 Å². The minimum Gasteiger partial charge on any atom is -0.475 e. The minimum atomic E-state index is -5.08. The van der Waals surface area contributed by atoms with E-state index >= 15 is 0 Å². The fourth-order valence-corrected chi connectivity index (χ4v) is 3.67. The first kappa shape index (κ1) is 27.7. The Balaban J connectivity index is 0.000000479. The standard InChI is InChI=1S/C20H21F3N6O.C2HF3O2/c21-20(22,23)13-5-1-3-7-15(13)26-18(30)17-10-9-12-11-25-19(28-29(12)17)27-16-8-4-2-6-14(16)24;3-2(4,5)1(6)7/h1,3,5,7,9-11,14,16H,2,4,6,8,24H2,(H,26,30)(H,27,28);(H,6,7)/t14-,16+;/m0./s1. The van der Waals surface area contributed by atoms with Gasteiger partial charge in [-0.15, -0.1) is 5.10 Å². The van der Waals surface area contributed by atoms with Crippen LogP contribution in [0.25, 0.3) is 5.52 Å². The molecule has 2 heterocycles. The van der Waals surface area contributed by atoms with E-state index in [1.54, 1.807) is 12.3 Å². The molecule has 15 heteroatoms. The topological polar surface area (TPSA) is 135 Å². The van der Waals surface area contributed by atoms with Gasteiger partial charge in [-0.05, 0) is 37.1 Å². The first-order valence-corrected chi connectivity index (χ1v) is 10.9. The second-order valence-corrected chi connectivity index (χ2v) is 8.14. The number of hydrogen-bond acceptors (Lipinski definition) is 6. The molecule has 4 rings (SSSR count). The number of hydrogen-bond donors (Lipinski definition) is 4. The summed E-state index contributed by atoms with van der Waals surface area (Å²) in [5.41, 5.74) is 5.57. The van der Waals surface area contributed by atoms with Gasteiger partial charge in [-0.25, -0.2) is 14.3 Å². The Morgan fingerprint density at radius 3 is 2.30 bits per heavy atom. The van der Waals surface area contributed by atoms with Crippen LogP contribution in [0.1, 0.15) is 41.7 Å². The predicted octanol–water partition coefficient (Wildman–Crippen LogP) is 4.32. The number of rotatable bonds is 4. The van der Waals surface area contributed by atoms with Gasteiger partial charge in [0, 0.05) is 12.1 Å². The average Bonchev–Trinajstić information content (AvgIpc) is 3.23. The highest BCUT2D eigenvalue weighted by Gasteiger charge is 2.38. The number of fused-ring (bicyclic) bond motifs is 1. The summed E-state index contributed by atoms with van der Waals surface area (Å²) in [4.78, 5) is 25.9. The predicted molar refractivity (Wildman–Crippen MR) is 120 cm³/mol. The number of carboxylic acids is 1. The lowest BCUT2D eigenvalue weighted by atomic mass is 9.91. The Hall–Kier alpha value is -3.88. The van der Waals surface area contributed by atoms with Crippen LogP contribution in [0.3, 0.4) is 0 Å². The maximum Gasteiger partial charge on any atom is 0.490 e. The first-order valence-electron chi connectivity index (χ1n) is 10.9. The van der Waals surface area contributed by atoms with Gasteiger partial charge in [0.2, 0.25) is 5.95 Å². The van der Waals surface area contributed by atoms with Gasteiger partial charge >= 0.3 is 18.3 Å². The highest BCUT2D eigenvalue weighted by molar-refractivity contribution is 6.04. The quantitative estimate of drug-likeness (QED) is 0.368. The van der Waals surface area contributed by atoms with Gasteiger partial charge < -0.3 is 21.5 Å².